The van der Waals surface area contributed by atoms with Gasteiger partial charge in [-0.25, -0.2) is 9.48 Å². The molecule has 3 heterocycles. The standard InChI is InChI=1S/C30H23N3O4/c34-28(32-17-16-21-8-4-6-12-25(21)32)20-36-29(35)15-14-23-19-33(24-10-2-1-3-11-24)31-30(23)27-18-22-9-5-7-13-26(22)37-27/h1-15,18-19H,16-17,20H2/b15-14+. The Morgan fingerprint density at radius 2 is 1.76 bits per heavy atom. The van der Waals surface area contributed by atoms with Crippen LogP contribution >= 0.6 is 0 Å². The van der Waals surface area contributed by atoms with Crippen molar-refractivity contribution in [1.82, 2.24) is 9.78 Å². The molecule has 0 atom stereocenters. The van der Waals surface area contributed by atoms with E-state index in [1.807, 2.05) is 91.1 Å². The minimum absolute atomic E-state index is 0.244. The van der Waals surface area contributed by atoms with Crippen molar-refractivity contribution in [2.45, 2.75) is 6.42 Å². The molecule has 182 valence electrons. The van der Waals surface area contributed by atoms with Crippen molar-refractivity contribution in [3.8, 4) is 17.1 Å². The molecular formula is C30H23N3O4. The highest BCUT2D eigenvalue weighted by Gasteiger charge is 2.24. The van der Waals surface area contributed by atoms with Gasteiger partial charge in [0.05, 0.1) is 5.69 Å². The molecule has 2 aromatic heterocycles. The highest BCUT2D eigenvalue weighted by atomic mass is 16.5. The second-order valence-electron chi connectivity index (χ2n) is 8.73. The summed E-state index contributed by atoms with van der Waals surface area (Å²) in [6, 6.07) is 27.1. The number of anilines is 1. The summed E-state index contributed by atoms with van der Waals surface area (Å²) >= 11 is 0. The van der Waals surface area contributed by atoms with E-state index in [0.717, 1.165) is 34.3 Å². The fraction of sp³-hybridized carbons (Fsp3) is 0.100. The fourth-order valence-corrected chi connectivity index (χ4v) is 4.53. The maximum absolute atomic E-state index is 12.7. The molecule has 3 aromatic carbocycles. The van der Waals surface area contributed by atoms with E-state index < -0.39 is 5.97 Å². The maximum atomic E-state index is 12.7. The molecule has 5 aromatic rings. The number of para-hydroxylation sites is 3. The Kier molecular flexibility index (Phi) is 5.86. The molecule has 0 aliphatic carbocycles. The number of rotatable bonds is 6. The van der Waals surface area contributed by atoms with Crippen molar-refractivity contribution >= 4 is 34.6 Å². The summed E-state index contributed by atoms with van der Waals surface area (Å²) in [6.45, 7) is 0.266. The number of carbonyl (C=O) groups is 2. The Balaban J connectivity index is 1.22. The number of hydrogen-bond acceptors (Lipinski definition) is 5. The molecule has 0 fully saturated rings. The topological polar surface area (TPSA) is 77.6 Å². The van der Waals surface area contributed by atoms with Crippen molar-refractivity contribution in [3.63, 3.8) is 0 Å². The van der Waals surface area contributed by atoms with Crippen molar-refractivity contribution in [2.75, 3.05) is 18.1 Å². The molecule has 1 amide bonds. The van der Waals surface area contributed by atoms with Crippen LogP contribution in [-0.4, -0.2) is 34.8 Å². The lowest BCUT2D eigenvalue weighted by Gasteiger charge is -2.16. The normalized spacial score (nSPS) is 12.8. The van der Waals surface area contributed by atoms with Crippen LogP contribution in [0.4, 0.5) is 5.69 Å². The molecule has 0 unspecified atom stereocenters. The van der Waals surface area contributed by atoms with Crippen LogP contribution in [0.15, 0.2) is 102 Å². The van der Waals surface area contributed by atoms with E-state index in [1.54, 1.807) is 15.7 Å². The SMILES string of the molecule is O=C(/C=C/c1cn(-c2ccccc2)nc1-c1cc2ccccc2o1)OCC(=O)N1CCc2ccccc21. The molecule has 0 N–H and O–H groups in total. The summed E-state index contributed by atoms with van der Waals surface area (Å²) in [4.78, 5) is 26.8. The largest absolute Gasteiger partial charge is 0.454 e. The molecule has 1 aliphatic rings. The molecule has 1 aliphatic heterocycles. The third-order valence-corrected chi connectivity index (χ3v) is 6.35. The molecule has 6 rings (SSSR count). The van der Waals surface area contributed by atoms with Gasteiger partial charge in [-0.3, -0.25) is 4.79 Å². The third-order valence-electron chi connectivity index (χ3n) is 6.35. The number of carbonyl (C=O) groups excluding carboxylic acids is 2. The molecule has 7 nitrogen and oxygen atoms in total. The lowest BCUT2D eigenvalue weighted by Crippen LogP contribution is -2.33. The van der Waals surface area contributed by atoms with Crippen molar-refractivity contribution in [1.29, 1.82) is 0 Å². The zero-order valence-electron chi connectivity index (χ0n) is 19.9. The molecule has 0 bridgehead atoms. The van der Waals surface area contributed by atoms with Crippen LogP contribution in [0, 0.1) is 0 Å². The van der Waals surface area contributed by atoms with E-state index >= 15 is 0 Å². The molecule has 7 heteroatoms. The van der Waals surface area contributed by atoms with E-state index in [1.165, 1.54) is 6.08 Å². The first-order valence-corrected chi connectivity index (χ1v) is 12.0. The van der Waals surface area contributed by atoms with Crippen LogP contribution in [0.1, 0.15) is 11.1 Å². The number of ether oxygens (including phenoxy) is 1. The van der Waals surface area contributed by atoms with E-state index in [4.69, 9.17) is 14.3 Å². The first-order valence-electron chi connectivity index (χ1n) is 12.0. The Morgan fingerprint density at radius 1 is 0.973 bits per heavy atom. The average molecular weight is 490 g/mol. The van der Waals surface area contributed by atoms with Gasteiger partial charge in [0.1, 0.15) is 11.3 Å². The van der Waals surface area contributed by atoms with Crippen molar-refractivity contribution < 1.29 is 18.7 Å². The van der Waals surface area contributed by atoms with E-state index in [0.29, 0.717) is 23.6 Å². The number of benzene rings is 3. The zero-order chi connectivity index (χ0) is 25.2. The van der Waals surface area contributed by atoms with Crippen LogP contribution in [0.2, 0.25) is 0 Å². The third kappa shape index (κ3) is 4.54. The summed E-state index contributed by atoms with van der Waals surface area (Å²) in [7, 11) is 0. The summed E-state index contributed by atoms with van der Waals surface area (Å²) < 4.78 is 13.0. The molecule has 0 saturated heterocycles. The second kappa shape index (κ2) is 9.62. The lowest BCUT2D eigenvalue weighted by atomic mass is 10.2. The summed E-state index contributed by atoms with van der Waals surface area (Å²) in [5.41, 5.74) is 4.90. The average Bonchev–Trinajstić information content (AvgIpc) is 3.67. The number of furan rings is 1. The smallest absolute Gasteiger partial charge is 0.331 e. The van der Waals surface area contributed by atoms with Gasteiger partial charge in [0.25, 0.3) is 5.91 Å². The first kappa shape index (κ1) is 22.5. The van der Waals surface area contributed by atoms with E-state index in [2.05, 4.69) is 0 Å². The summed E-state index contributed by atoms with van der Waals surface area (Å²) in [6.07, 6.45) is 5.57. The predicted octanol–water partition coefficient (Wildman–Crippen LogP) is 5.43. The van der Waals surface area contributed by atoms with Crippen LogP contribution in [0.3, 0.4) is 0 Å². The van der Waals surface area contributed by atoms with Gasteiger partial charge in [-0.15, -0.1) is 0 Å². The van der Waals surface area contributed by atoms with Gasteiger partial charge < -0.3 is 14.1 Å². The Hall–Kier alpha value is -4.91. The molecule has 0 spiro atoms. The Bertz CT molecular complexity index is 1600. The van der Waals surface area contributed by atoms with Gasteiger partial charge in [-0.1, -0.05) is 54.6 Å². The number of nitrogens with zero attached hydrogens (tertiary/aromatic N) is 3. The monoisotopic (exact) mass is 489 g/mol. The highest BCUT2D eigenvalue weighted by molar-refractivity contribution is 5.98. The van der Waals surface area contributed by atoms with Gasteiger partial charge >= 0.3 is 5.97 Å². The van der Waals surface area contributed by atoms with Gasteiger partial charge in [0.15, 0.2) is 12.4 Å². The molecular weight excluding hydrogens is 466 g/mol. The molecule has 0 radical (unpaired) electrons. The minimum Gasteiger partial charge on any atom is -0.454 e. The molecule has 37 heavy (non-hydrogen) atoms. The van der Waals surface area contributed by atoms with Gasteiger partial charge in [0.2, 0.25) is 0 Å². The van der Waals surface area contributed by atoms with Gasteiger partial charge in [-0.05, 0) is 48.4 Å². The highest BCUT2D eigenvalue weighted by Crippen LogP contribution is 2.31. The van der Waals surface area contributed by atoms with Gasteiger partial charge in [0, 0.05) is 35.5 Å². The summed E-state index contributed by atoms with van der Waals surface area (Å²) in [5.74, 6) is -0.262. The van der Waals surface area contributed by atoms with Gasteiger partial charge in [-0.2, -0.15) is 5.10 Å². The maximum Gasteiger partial charge on any atom is 0.331 e. The van der Waals surface area contributed by atoms with E-state index in [-0.39, 0.29) is 12.5 Å². The Labute approximate surface area is 213 Å². The van der Waals surface area contributed by atoms with E-state index in [9.17, 15) is 9.59 Å². The predicted molar refractivity (Wildman–Crippen MR) is 141 cm³/mol. The van der Waals surface area contributed by atoms with Crippen LogP contribution in [0.5, 0.6) is 0 Å². The van der Waals surface area contributed by atoms with Crippen LogP contribution < -0.4 is 4.90 Å². The quantitative estimate of drug-likeness (QED) is 0.235. The minimum atomic E-state index is -0.608. The second-order valence-corrected chi connectivity index (χ2v) is 8.73. The number of amides is 1. The number of hydrogen-bond donors (Lipinski definition) is 0. The zero-order valence-corrected chi connectivity index (χ0v) is 19.9. The Morgan fingerprint density at radius 3 is 2.62 bits per heavy atom. The lowest BCUT2D eigenvalue weighted by molar-refractivity contribution is -0.142. The molecule has 0 saturated carbocycles. The summed E-state index contributed by atoms with van der Waals surface area (Å²) in [5, 5.41) is 5.69. The number of esters is 1. The van der Waals surface area contributed by atoms with Crippen molar-refractivity contribution in [3.05, 3.63) is 108 Å². The van der Waals surface area contributed by atoms with Crippen LogP contribution in [0.25, 0.3) is 34.2 Å². The van der Waals surface area contributed by atoms with Crippen molar-refractivity contribution in [2.24, 2.45) is 0 Å². The number of fused-ring (bicyclic) bond motifs is 2. The first-order chi connectivity index (χ1) is 18.2. The van der Waals surface area contributed by atoms with Crippen LogP contribution in [-0.2, 0) is 20.7 Å². The number of aromatic nitrogens is 2. The fourth-order valence-electron chi connectivity index (χ4n) is 4.53.